The lowest BCUT2D eigenvalue weighted by Crippen LogP contribution is -2.08. The molecular formula is C14H12ClNO. The van der Waals surface area contributed by atoms with Gasteiger partial charge in [-0.15, -0.1) is 5.73 Å². The maximum Gasteiger partial charge on any atom is 0.231 e. The van der Waals surface area contributed by atoms with E-state index in [1.165, 1.54) is 0 Å². The normalized spacial score (nSPS) is 10.2. The summed E-state index contributed by atoms with van der Waals surface area (Å²) in [6, 6.07) is 7.44. The topological polar surface area (TPSA) is 22.0 Å². The van der Waals surface area contributed by atoms with Gasteiger partial charge < -0.3 is 0 Å². The largest absolute Gasteiger partial charge is 0.287 e. The number of carbonyl (C=O) groups is 1. The van der Waals surface area contributed by atoms with Crippen LogP contribution in [0, 0.1) is 0 Å². The van der Waals surface area contributed by atoms with Crippen LogP contribution in [0.15, 0.2) is 48.8 Å². The number of hydrogen-bond acceptors (Lipinski definition) is 1. The SMILES string of the molecule is C=C=CCCC(=O)n1ccc2ccc(Cl)cc21. The van der Waals surface area contributed by atoms with Crippen LogP contribution in [0.5, 0.6) is 0 Å². The molecule has 17 heavy (non-hydrogen) atoms. The molecule has 0 aliphatic rings. The van der Waals surface area contributed by atoms with E-state index in [4.69, 9.17) is 11.6 Å². The Morgan fingerprint density at radius 2 is 2.29 bits per heavy atom. The van der Waals surface area contributed by atoms with E-state index < -0.39 is 0 Å². The molecule has 0 unspecified atom stereocenters. The second-order valence-corrected chi connectivity index (χ2v) is 4.17. The number of nitrogens with zero attached hydrogens (tertiary/aromatic N) is 1. The first-order valence-electron chi connectivity index (χ1n) is 5.36. The minimum Gasteiger partial charge on any atom is -0.287 e. The number of allylic oxidation sites excluding steroid dienone is 1. The molecule has 86 valence electrons. The summed E-state index contributed by atoms with van der Waals surface area (Å²) in [6.45, 7) is 3.47. The van der Waals surface area contributed by atoms with Crippen molar-refractivity contribution in [2.45, 2.75) is 12.8 Å². The van der Waals surface area contributed by atoms with Crippen LogP contribution in [0.2, 0.25) is 5.02 Å². The fourth-order valence-corrected chi connectivity index (χ4v) is 1.90. The molecular weight excluding hydrogens is 234 g/mol. The van der Waals surface area contributed by atoms with Gasteiger partial charge in [-0.05, 0) is 30.7 Å². The molecule has 0 radical (unpaired) electrons. The maximum absolute atomic E-state index is 12.0. The van der Waals surface area contributed by atoms with Crippen LogP contribution in [0.25, 0.3) is 10.9 Å². The number of hydrogen-bond donors (Lipinski definition) is 0. The fraction of sp³-hybridized carbons (Fsp3) is 0.143. The van der Waals surface area contributed by atoms with Gasteiger partial charge in [-0.3, -0.25) is 9.36 Å². The van der Waals surface area contributed by atoms with Crippen LogP contribution in [0.1, 0.15) is 17.6 Å². The van der Waals surface area contributed by atoms with Crippen molar-refractivity contribution in [1.82, 2.24) is 4.57 Å². The summed E-state index contributed by atoms with van der Waals surface area (Å²) >= 11 is 5.93. The quantitative estimate of drug-likeness (QED) is 0.748. The summed E-state index contributed by atoms with van der Waals surface area (Å²) < 4.78 is 1.64. The summed E-state index contributed by atoms with van der Waals surface area (Å²) in [5.74, 6) is 0.0498. The Morgan fingerprint density at radius 1 is 1.47 bits per heavy atom. The summed E-state index contributed by atoms with van der Waals surface area (Å²) in [5.41, 5.74) is 3.51. The lowest BCUT2D eigenvalue weighted by molar-refractivity contribution is 0.0909. The second-order valence-electron chi connectivity index (χ2n) is 3.73. The fourth-order valence-electron chi connectivity index (χ4n) is 1.74. The number of halogens is 1. The van der Waals surface area contributed by atoms with E-state index >= 15 is 0 Å². The Labute approximate surface area is 105 Å². The first kappa shape index (κ1) is 11.7. The van der Waals surface area contributed by atoms with Gasteiger partial charge in [0, 0.05) is 23.0 Å². The van der Waals surface area contributed by atoms with Gasteiger partial charge in [0.05, 0.1) is 5.52 Å². The Balaban J connectivity index is 2.31. The zero-order valence-electron chi connectivity index (χ0n) is 9.32. The van der Waals surface area contributed by atoms with Crippen LogP contribution in [0.4, 0.5) is 0 Å². The molecule has 1 heterocycles. The second kappa shape index (κ2) is 5.05. The zero-order chi connectivity index (χ0) is 12.3. The third-order valence-electron chi connectivity index (χ3n) is 2.57. The van der Waals surface area contributed by atoms with Gasteiger partial charge in [-0.2, -0.15) is 0 Å². The lowest BCUT2D eigenvalue weighted by atomic mass is 10.2. The minimum absolute atomic E-state index is 0.0498. The monoisotopic (exact) mass is 245 g/mol. The third kappa shape index (κ3) is 2.50. The van der Waals surface area contributed by atoms with Crippen molar-refractivity contribution in [2.24, 2.45) is 0 Å². The molecule has 3 heteroatoms. The average Bonchev–Trinajstić information content (AvgIpc) is 2.72. The van der Waals surface area contributed by atoms with Crippen LogP contribution in [0.3, 0.4) is 0 Å². The number of benzene rings is 1. The highest BCUT2D eigenvalue weighted by atomic mass is 35.5. The Bertz CT molecular complexity index is 606. The first-order valence-corrected chi connectivity index (χ1v) is 5.74. The van der Waals surface area contributed by atoms with Crippen molar-refractivity contribution in [3.63, 3.8) is 0 Å². The predicted octanol–water partition coefficient (Wildman–Crippen LogP) is 4.06. The molecule has 0 saturated carbocycles. The molecule has 1 aromatic heterocycles. The maximum atomic E-state index is 12.0. The van der Waals surface area contributed by atoms with Crippen molar-refractivity contribution in [1.29, 1.82) is 0 Å². The lowest BCUT2D eigenvalue weighted by Gasteiger charge is -2.02. The Kier molecular flexibility index (Phi) is 3.48. The van der Waals surface area contributed by atoms with Gasteiger partial charge in [-0.1, -0.05) is 24.2 Å². The van der Waals surface area contributed by atoms with Crippen LogP contribution >= 0.6 is 11.6 Å². The van der Waals surface area contributed by atoms with Gasteiger partial charge in [0.15, 0.2) is 0 Å². The van der Waals surface area contributed by atoms with Crippen molar-refractivity contribution in [3.05, 3.63) is 53.9 Å². The standard InChI is InChI=1S/C14H12ClNO/c1-2-3-4-5-14(17)16-9-8-11-6-7-12(15)10-13(11)16/h3,6-10H,1,4-5H2. The van der Waals surface area contributed by atoms with Crippen LogP contribution < -0.4 is 0 Å². The van der Waals surface area contributed by atoms with Gasteiger partial charge in [0.2, 0.25) is 5.91 Å². The van der Waals surface area contributed by atoms with Gasteiger partial charge in [0.25, 0.3) is 0 Å². The van der Waals surface area contributed by atoms with E-state index in [-0.39, 0.29) is 5.91 Å². The summed E-state index contributed by atoms with van der Waals surface area (Å²) in [5, 5.41) is 1.65. The molecule has 0 fully saturated rings. The van der Waals surface area contributed by atoms with Crippen molar-refractivity contribution < 1.29 is 4.79 Å². The van der Waals surface area contributed by atoms with E-state index in [1.807, 2.05) is 18.2 Å². The first-order chi connectivity index (χ1) is 8.22. The van der Waals surface area contributed by atoms with Gasteiger partial charge in [-0.25, -0.2) is 0 Å². The molecule has 2 nitrogen and oxygen atoms in total. The molecule has 0 amide bonds. The summed E-state index contributed by atoms with van der Waals surface area (Å²) in [7, 11) is 0. The molecule has 2 aromatic rings. The van der Waals surface area contributed by atoms with Crippen molar-refractivity contribution in [2.75, 3.05) is 0 Å². The van der Waals surface area contributed by atoms with Crippen molar-refractivity contribution >= 4 is 28.4 Å². The van der Waals surface area contributed by atoms with E-state index in [0.29, 0.717) is 17.9 Å². The van der Waals surface area contributed by atoms with Crippen LogP contribution in [-0.2, 0) is 0 Å². The van der Waals surface area contributed by atoms with E-state index in [9.17, 15) is 4.79 Å². The third-order valence-corrected chi connectivity index (χ3v) is 2.81. The van der Waals surface area contributed by atoms with Gasteiger partial charge in [0.1, 0.15) is 0 Å². The van der Waals surface area contributed by atoms with Gasteiger partial charge >= 0.3 is 0 Å². The average molecular weight is 246 g/mol. The van der Waals surface area contributed by atoms with Crippen molar-refractivity contribution in [3.8, 4) is 0 Å². The number of aromatic nitrogens is 1. The number of carbonyl (C=O) groups excluding carboxylic acids is 1. The van der Waals surface area contributed by atoms with Crippen LogP contribution in [-0.4, -0.2) is 10.5 Å². The molecule has 0 bridgehead atoms. The highest BCUT2D eigenvalue weighted by molar-refractivity contribution is 6.31. The molecule has 2 rings (SSSR count). The van der Waals surface area contributed by atoms with E-state index in [0.717, 1.165) is 10.9 Å². The predicted molar refractivity (Wildman–Crippen MR) is 70.5 cm³/mol. The molecule has 0 spiro atoms. The molecule has 0 saturated heterocycles. The zero-order valence-corrected chi connectivity index (χ0v) is 10.1. The number of fused-ring (bicyclic) bond motifs is 1. The summed E-state index contributed by atoms with van der Waals surface area (Å²) in [4.78, 5) is 12.0. The molecule has 0 aliphatic heterocycles. The Morgan fingerprint density at radius 3 is 3.06 bits per heavy atom. The minimum atomic E-state index is 0.0498. The smallest absolute Gasteiger partial charge is 0.231 e. The van der Waals surface area contributed by atoms with E-state index in [1.54, 1.807) is 22.9 Å². The van der Waals surface area contributed by atoms with E-state index in [2.05, 4.69) is 12.3 Å². The highest BCUT2D eigenvalue weighted by Gasteiger charge is 2.08. The summed E-state index contributed by atoms with van der Waals surface area (Å²) in [6.07, 6.45) is 4.64. The Hall–Kier alpha value is -1.76. The molecule has 1 aromatic carbocycles. The number of rotatable bonds is 3. The molecule has 0 N–H and O–H groups in total. The molecule has 0 aliphatic carbocycles. The highest BCUT2D eigenvalue weighted by Crippen LogP contribution is 2.20. The molecule has 0 atom stereocenters.